The molecule has 23 heavy (non-hydrogen) atoms. The maximum atomic E-state index is 11.3. The van der Waals surface area contributed by atoms with Gasteiger partial charge in [-0.25, -0.2) is 9.78 Å². The number of benzene rings is 1. The fourth-order valence-electron chi connectivity index (χ4n) is 1.70. The van der Waals surface area contributed by atoms with Crippen molar-refractivity contribution in [2.75, 3.05) is 14.2 Å². The molecule has 0 saturated carbocycles. The quantitative estimate of drug-likeness (QED) is 0.646. The summed E-state index contributed by atoms with van der Waals surface area (Å²) in [6.07, 6.45) is 2.46. The molecule has 0 atom stereocenters. The molecule has 0 radical (unpaired) electrons. The minimum Gasteiger partial charge on any atom is -0.504 e. The van der Waals surface area contributed by atoms with E-state index in [4.69, 9.17) is 9.47 Å². The third-order valence-electron chi connectivity index (χ3n) is 2.92. The Morgan fingerprint density at radius 2 is 1.91 bits per heavy atom. The molecule has 7 nitrogen and oxygen atoms in total. The lowest BCUT2D eigenvalue weighted by Crippen LogP contribution is -2.00. The molecule has 0 aliphatic heterocycles. The Morgan fingerprint density at radius 1 is 1.17 bits per heavy atom. The van der Waals surface area contributed by atoms with Crippen molar-refractivity contribution < 1.29 is 29.2 Å². The second-order valence-corrected chi connectivity index (χ2v) is 4.38. The number of aromatic hydroxyl groups is 1. The summed E-state index contributed by atoms with van der Waals surface area (Å²) in [5.74, 6) is -0.528. The first-order valence-corrected chi connectivity index (χ1v) is 6.52. The Morgan fingerprint density at radius 3 is 2.48 bits per heavy atom. The van der Waals surface area contributed by atoms with Gasteiger partial charge in [-0.15, -0.1) is 0 Å². The number of aliphatic hydroxyl groups is 1. The number of pyridine rings is 1. The van der Waals surface area contributed by atoms with E-state index >= 15 is 0 Å². The smallest absolute Gasteiger partial charge is 0.337 e. The van der Waals surface area contributed by atoms with Crippen molar-refractivity contribution in [1.29, 1.82) is 0 Å². The van der Waals surface area contributed by atoms with Crippen LogP contribution < -0.4 is 9.47 Å². The molecule has 7 heteroatoms. The summed E-state index contributed by atoms with van der Waals surface area (Å²) in [7, 11) is 2.73. The molecule has 120 valence electrons. The van der Waals surface area contributed by atoms with Gasteiger partial charge in [0.25, 0.3) is 0 Å². The number of ether oxygens (including phenoxy) is 3. The molecule has 0 saturated heterocycles. The lowest BCUT2D eigenvalue weighted by Gasteiger charge is -2.06. The SMILES string of the molecule is COC(=O)c1ccc(O/C=C(\O)c2ccc(OC)nc2)c(O)c1. The van der Waals surface area contributed by atoms with Gasteiger partial charge in [0.1, 0.15) is 6.26 Å². The summed E-state index contributed by atoms with van der Waals surface area (Å²) >= 11 is 0. The zero-order chi connectivity index (χ0) is 16.8. The van der Waals surface area contributed by atoms with E-state index in [1.165, 1.54) is 38.6 Å². The number of aliphatic hydroxyl groups excluding tert-OH is 1. The molecular weight excluding hydrogens is 302 g/mol. The van der Waals surface area contributed by atoms with E-state index in [1.807, 2.05) is 0 Å². The van der Waals surface area contributed by atoms with Crippen LogP contribution in [0.2, 0.25) is 0 Å². The molecule has 0 bridgehead atoms. The molecule has 0 spiro atoms. The van der Waals surface area contributed by atoms with Crippen LogP contribution >= 0.6 is 0 Å². The fourth-order valence-corrected chi connectivity index (χ4v) is 1.70. The van der Waals surface area contributed by atoms with E-state index in [1.54, 1.807) is 12.1 Å². The zero-order valence-corrected chi connectivity index (χ0v) is 12.5. The van der Waals surface area contributed by atoms with Gasteiger partial charge in [0, 0.05) is 17.8 Å². The van der Waals surface area contributed by atoms with E-state index in [9.17, 15) is 15.0 Å². The first kappa shape index (κ1) is 16.2. The number of carbonyl (C=O) groups is 1. The van der Waals surface area contributed by atoms with Crippen molar-refractivity contribution in [3.05, 3.63) is 53.9 Å². The topological polar surface area (TPSA) is 98.1 Å². The average Bonchev–Trinajstić information content (AvgIpc) is 2.59. The van der Waals surface area contributed by atoms with E-state index in [0.29, 0.717) is 11.4 Å². The molecule has 1 heterocycles. The molecular formula is C16H15NO6. The third kappa shape index (κ3) is 3.91. The summed E-state index contributed by atoms with van der Waals surface area (Å²) in [5.41, 5.74) is 0.598. The van der Waals surface area contributed by atoms with Gasteiger partial charge in [0.2, 0.25) is 5.88 Å². The second-order valence-electron chi connectivity index (χ2n) is 4.38. The molecule has 0 amide bonds. The summed E-state index contributed by atoms with van der Waals surface area (Å²) in [6.45, 7) is 0. The summed E-state index contributed by atoms with van der Waals surface area (Å²) in [4.78, 5) is 15.3. The molecule has 0 aliphatic rings. The number of aromatic nitrogens is 1. The van der Waals surface area contributed by atoms with Crippen LogP contribution in [0.3, 0.4) is 0 Å². The van der Waals surface area contributed by atoms with E-state index < -0.39 is 5.97 Å². The number of nitrogens with zero attached hydrogens (tertiary/aromatic N) is 1. The first-order valence-electron chi connectivity index (χ1n) is 6.52. The molecule has 2 aromatic rings. The van der Waals surface area contributed by atoms with Crippen LogP contribution in [0.4, 0.5) is 0 Å². The van der Waals surface area contributed by atoms with E-state index in [-0.39, 0.29) is 22.8 Å². The molecule has 0 unspecified atom stereocenters. The number of phenols is 1. The van der Waals surface area contributed by atoms with Crippen molar-refractivity contribution in [3.63, 3.8) is 0 Å². The zero-order valence-electron chi connectivity index (χ0n) is 12.5. The number of hydrogen-bond donors (Lipinski definition) is 2. The fraction of sp³-hybridized carbons (Fsp3) is 0.125. The van der Waals surface area contributed by atoms with Gasteiger partial charge >= 0.3 is 5.97 Å². The van der Waals surface area contributed by atoms with Gasteiger partial charge in [0.15, 0.2) is 17.3 Å². The standard InChI is InChI=1S/C16H15NO6/c1-21-15-6-4-11(8-17-15)13(19)9-23-14-5-3-10(7-12(14)18)16(20)22-2/h3-9,18-19H,1-2H3/b13-9-. The van der Waals surface area contributed by atoms with Gasteiger partial charge in [-0.2, -0.15) is 0 Å². The lowest BCUT2D eigenvalue weighted by atomic mass is 10.2. The lowest BCUT2D eigenvalue weighted by molar-refractivity contribution is 0.0600. The second kappa shape index (κ2) is 7.17. The molecule has 2 N–H and O–H groups in total. The Balaban J connectivity index is 2.13. The molecule has 1 aromatic heterocycles. The van der Waals surface area contributed by atoms with Crippen LogP contribution in [0.1, 0.15) is 15.9 Å². The Kier molecular flexibility index (Phi) is 5.03. The Bertz CT molecular complexity index is 724. The number of phenolic OH excluding ortho intramolecular Hbond substituents is 1. The predicted octanol–water partition coefficient (Wildman–Crippen LogP) is 2.52. The van der Waals surface area contributed by atoms with Gasteiger partial charge < -0.3 is 24.4 Å². The highest BCUT2D eigenvalue weighted by Gasteiger charge is 2.10. The largest absolute Gasteiger partial charge is 0.504 e. The molecule has 1 aromatic carbocycles. The van der Waals surface area contributed by atoms with Crippen LogP contribution in [0.15, 0.2) is 42.8 Å². The number of rotatable bonds is 5. The average molecular weight is 317 g/mol. The normalized spacial score (nSPS) is 11.0. The van der Waals surface area contributed by atoms with Gasteiger partial charge in [-0.05, 0) is 24.3 Å². The van der Waals surface area contributed by atoms with Crippen LogP contribution in [-0.2, 0) is 4.74 Å². The highest BCUT2D eigenvalue weighted by atomic mass is 16.5. The van der Waals surface area contributed by atoms with Gasteiger partial charge in [-0.1, -0.05) is 0 Å². The molecule has 0 fully saturated rings. The molecule has 2 rings (SSSR count). The van der Waals surface area contributed by atoms with Crippen molar-refractivity contribution in [1.82, 2.24) is 4.98 Å². The summed E-state index contributed by atoms with van der Waals surface area (Å²) in [6, 6.07) is 7.21. The van der Waals surface area contributed by atoms with Crippen molar-refractivity contribution >= 4 is 11.7 Å². The maximum absolute atomic E-state index is 11.3. The van der Waals surface area contributed by atoms with Crippen LogP contribution in [0, 0.1) is 0 Å². The highest BCUT2D eigenvalue weighted by molar-refractivity contribution is 5.90. The van der Waals surface area contributed by atoms with Crippen molar-refractivity contribution in [2.45, 2.75) is 0 Å². The van der Waals surface area contributed by atoms with Crippen LogP contribution in [0.25, 0.3) is 5.76 Å². The summed E-state index contributed by atoms with van der Waals surface area (Å²) < 4.78 is 14.7. The first-order chi connectivity index (χ1) is 11.0. The maximum Gasteiger partial charge on any atom is 0.337 e. The third-order valence-corrected chi connectivity index (χ3v) is 2.92. The Hall–Kier alpha value is -3.22. The van der Waals surface area contributed by atoms with E-state index in [0.717, 1.165) is 6.26 Å². The monoisotopic (exact) mass is 317 g/mol. The number of methoxy groups -OCH3 is 2. The van der Waals surface area contributed by atoms with Crippen LogP contribution in [-0.4, -0.2) is 35.4 Å². The van der Waals surface area contributed by atoms with E-state index in [2.05, 4.69) is 9.72 Å². The van der Waals surface area contributed by atoms with Gasteiger partial charge in [0.05, 0.1) is 19.8 Å². The van der Waals surface area contributed by atoms with Gasteiger partial charge in [-0.3, -0.25) is 0 Å². The highest BCUT2D eigenvalue weighted by Crippen LogP contribution is 2.28. The Labute approximate surface area is 132 Å². The van der Waals surface area contributed by atoms with Crippen molar-refractivity contribution in [3.8, 4) is 17.4 Å². The molecule has 0 aliphatic carbocycles. The minimum absolute atomic E-state index is 0.0747. The number of esters is 1. The number of carbonyl (C=O) groups excluding carboxylic acids is 1. The minimum atomic E-state index is -0.574. The number of hydrogen-bond acceptors (Lipinski definition) is 7. The predicted molar refractivity (Wildman–Crippen MR) is 81.5 cm³/mol. The summed E-state index contributed by atoms with van der Waals surface area (Å²) in [5, 5.41) is 19.7. The van der Waals surface area contributed by atoms with Crippen molar-refractivity contribution in [2.24, 2.45) is 0 Å². The van der Waals surface area contributed by atoms with Crippen LogP contribution in [0.5, 0.6) is 17.4 Å².